The summed E-state index contributed by atoms with van der Waals surface area (Å²) in [6.07, 6.45) is 12.0. The van der Waals surface area contributed by atoms with Gasteiger partial charge in [-0.25, -0.2) is 19.2 Å². The Labute approximate surface area is 259 Å². The maximum Gasteiger partial charge on any atom is 0.337 e. The summed E-state index contributed by atoms with van der Waals surface area (Å²) in [7, 11) is 0. The molecule has 0 atom stereocenters. The average molecular weight is 665 g/mol. The summed E-state index contributed by atoms with van der Waals surface area (Å²) in [5.41, 5.74) is 3.32. The van der Waals surface area contributed by atoms with Crippen molar-refractivity contribution in [2.75, 3.05) is 13.2 Å². The van der Waals surface area contributed by atoms with Crippen molar-refractivity contribution in [2.24, 2.45) is 0 Å². The van der Waals surface area contributed by atoms with Crippen LogP contribution in [0.15, 0.2) is 96.5 Å². The van der Waals surface area contributed by atoms with E-state index in [0.717, 1.165) is 19.4 Å². The van der Waals surface area contributed by atoms with Gasteiger partial charge in [0.25, 0.3) is 0 Å². The van der Waals surface area contributed by atoms with Gasteiger partial charge in [-0.2, -0.15) is 0 Å². The monoisotopic (exact) mass is 664 g/mol. The van der Waals surface area contributed by atoms with Crippen molar-refractivity contribution in [3.63, 3.8) is 0 Å². The number of ether oxygens (including phenoxy) is 1. The van der Waals surface area contributed by atoms with Crippen molar-refractivity contribution < 1.29 is 52.6 Å². The van der Waals surface area contributed by atoms with Crippen LogP contribution in [0.4, 0.5) is 0 Å². The van der Waals surface area contributed by atoms with E-state index in [9.17, 15) is 19.2 Å². The Balaban J connectivity index is 0.000000558. The van der Waals surface area contributed by atoms with E-state index in [1.54, 1.807) is 6.07 Å². The Bertz CT molecular complexity index is 1460. The van der Waals surface area contributed by atoms with Crippen LogP contribution in [0.1, 0.15) is 57.0 Å². The second kappa shape index (κ2) is 22.6. The van der Waals surface area contributed by atoms with Crippen LogP contribution in [0, 0.1) is 0 Å². The lowest BCUT2D eigenvalue weighted by atomic mass is 10.3. The summed E-state index contributed by atoms with van der Waals surface area (Å²) in [4.78, 5) is 55.2. The highest BCUT2D eigenvalue weighted by atomic mass is 79.9. The van der Waals surface area contributed by atoms with Crippen LogP contribution in [-0.4, -0.2) is 85.8 Å². The molecule has 1 aliphatic heterocycles. The van der Waals surface area contributed by atoms with Crippen LogP contribution in [0.25, 0.3) is 0 Å². The topological polar surface area (TPSA) is 241 Å². The molecule has 0 unspecified atom stereocenters. The van der Waals surface area contributed by atoms with Crippen LogP contribution in [0.3, 0.4) is 0 Å². The first kappa shape index (κ1) is 30.8. The minimum absolute atomic E-state index is 0.0486. The molecule has 4 aromatic heterocycles. The zero-order chi connectivity index (χ0) is 35.6. The smallest absolute Gasteiger partial charge is 0.337 e. The highest BCUT2D eigenvalue weighted by Gasteiger charge is 2.01. The first-order chi connectivity index (χ1) is 22.3. The van der Waals surface area contributed by atoms with E-state index in [1.165, 1.54) is 80.4 Å². The summed E-state index contributed by atoms with van der Waals surface area (Å²) >= 11 is 3.10. The summed E-state index contributed by atoms with van der Waals surface area (Å²) in [5, 5.41) is 33.6. The second-order valence-electron chi connectivity index (χ2n) is 7.52. The molecule has 0 saturated carbocycles. The van der Waals surface area contributed by atoms with Gasteiger partial charge in [-0.05, 0) is 71.2 Å². The predicted octanol–water partition coefficient (Wildman–Crippen LogP) is 3.85. The molecule has 1 fully saturated rings. The fraction of sp³-hybridized carbons (Fsp3) is 0.143. The first-order valence-electron chi connectivity index (χ1n) is 13.6. The van der Waals surface area contributed by atoms with E-state index in [4.69, 9.17) is 30.8 Å². The molecule has 15 heteroatoms. The van der Waals surface area contributed by atoms with Crippen LogP contribution < -0.4 is 0 Å². The minimum Gasteiger partial charge on any atom is -0.478 e. The van der Waals surface area contributed by atoms with Gasteiger partial charge in [0.2, 0.25) is 2.86 Å². The van der Waals surface area contributed by atoms with Gasteiger partial charge >= 0.3 is 23.9 Å². The van der Waals surface area contributed by atoms with E-state index in [0.29, 0.717) is 4.47 Å². The quantitative estimate of drug-likeness (QED) is 0.242. The van der Waals surface area contributed by atoms with Gasteiger partial charge in [0.15, 0.2) is 0 Å². The zero-order valence-corrected chi connectivity index (χ0v) is 23.8. The number of aromatic nitrogens is 4. The molecule has 43 heavy (non-hydrogen) atoms. The SMILES string of the molecule is C1CCOC1.O=C(O)c1cccnc1.O=C(O)c1cncc(Br)c1.[2H]O[2H].[2H]c1ccc(C(=O)O)cn1.[2H]c1cncc(C(=O)O)c1. The number of carboxylic acid groups (broad SMARTS) is 4. The van der Waals surface area contributed by atoms with Crippen molar-refractivity contribution in [3.05, 3.63) is 119 Å². The number of carbonyl (C=O) groups is 4. The molecule has 0 bridgehead atoms. The van der Waals surface area contributed by atoms with Crippen molar-refractivity contribution in [2.45, 2.75) is 12.8 Å². The van der Waals surface area contributed by atoms with Crippen molar-refractivity contribution in [3.8, 4) is 0 Å². The molecule has 0 spiro atoms. The molecule has 0 radical (unpaired) electrons. The number of pyridine rings is 4. The van der Waals surface area contributed by atoms with Crippen molar-refractivity contribution >= 4 is 39.8 Å². The molecule has 4 aromatic rings. The lowest BCUT2D eigenvalue weighted by molar-refractivity contribution is 0.0685. The molecule has 6 N–H and O–H groups in total. The second-order valence-corrected chi connectivity index (χ2v) is 8.44. The molecule has 1 saturated heterocycles. The molecule has 14 nitrogen and oxygen atoms in total. The summed E-state index contributed by atoms with van der Waals surface area (Å²) in [5.74, 6) is -3.98. The van der Waals surface area contributed by atoms with Gasteiger partial charge in [-0.3, -0.25) is 19.9 Å². The Hall–Kier alpha value is -5.12. The van der Waals surface area contributed by atoms with E-state index < -0.39 is 23.9 Å². The predicted molar refractivity (Wildman–Crippen MR) is 156 cm³/mol. The molecular weight excluding hydrogens is 632 g/mol. The Kier molecular flexibility index (Phi) is 16.2. The lowest BCUT2D eigenvalue weighted by Gasteiger charge is -1.91. The summed E-state index contributed by atoms with van der Waals surface area (Å²) < 4.78 is 30.3. The van der Waals surface area contributed by atoms with Gasteiger partial charge in [0, 0.05) is 67.2 Å². The highest BCUT2D eigenvalue weighted by Crippen LogP contribution is 2.08. The van der Waals surface area contributed by atoms with Crippen LogP contribution >= 0.6 is 15.9 Å². The van der Waals surface area contributed by atoms with E-state index in [1.807, 2.05) is 0 Å². The van der Waals surface area contributed by atoms with Gasteiger partial charge in [-0.15, -0.1) is 0 Å². The Morgan fingerprint density at radius 1 is 0.721 bits per heavy atom. The number of hydrogen-bond acceptors (Lipinski definition) is 9. The number of rotatable bonds is 4. The first-order valence-corrected chi connectivity index (χ1v) is 12.6. The van der Waals surface area contributed by atoms with Gasteiger partial charge in [0.1, 0.15) is 0 Å². The summed E-state index contributed by atoms with van der Waals surface area (Å²) in [6.45, 7) is 2.00. The van der Waals surface area contributed by atoms with Crippen LogP contribution in [0.5, 0.6) is 0 Å². The maximum atomic E-state index is 10.3. The molecule has 5 heterocycles. The Morgan fingerprint density at radius 2 is 1.21 bits per heavy atom. The molecule has 0 aliphatic carbocycles. The molecule has 1 aliphatic rings. The maximum absolute atomic E-state index is 10.3. The summed E-state index contributed by atoms with van der Waals surface area (Å²) in [6, 6.07) is 8.62. The zero-order valence-electron chi connectivity index (χ0n) is 26.2. The number of halogens is 1. The molecule has 0 aromatic carbocycles. The van der Waals surface area contributed by atoms with Gasteiger partial charge in [0.05, 0.1) is 25.0 Å². The van der Waals surface area contributed by atoms with E-state index in [-0.39, 0.29) is 34.5 Å². The van der Waals surface area contributed by atoms with Crippen molar-refractivity contribution in [1.29, 1.82) is 2.86 Å². The third-order valence-electron chi connectivity index (χ3n) is 4.40. The number of hydrogen-bond donors (Lipinski definition) is 4. The molecule has 5 rings (SSSR count). The van der Waals surface area contributed by atoms with Gasteiger partial charge in [-0.1, -0.05) is 0 Å². The lowest BCUT2D eigenvalue weighted by Crippen LogP contribution is -1.95. The van der Waals surface area contributed by atoms with E-state index in [2.05, 4.69) is 41.3 Å². The number of aromatic carboxylic acids is 4. The van der Waals surface area contributed by atoms with E-state index >= 15 is 0 Å². The average Bonchev–Trinajstić information content (AvgIpc) is 3.64. The highest BCUT2D eigenvalue weighted by molar-refractivity contribution is 9.10. The van der Waals surface area contributed by atoms with Crippen LogP contribution in [-0.2, 0) is 4.74 Å². The third kappa shape index (κ3) is 18.0. The molecule has 228 valence electrons. The van der Waals surface area contributed by atoms with Gasteiger partial charge < -0.3 is 30.6 Å². The normalized spacial score (nSPS) is 11.7. The van der Waals surface area contributed by atoms with Crippen LogP contribution in [0.2, 0.25) is 0 Å². The minimum atomic E-state index is -1.05. The largest absolute Gasteiger partial charge is 0.478 e. The molecular formula is C28H29BrN4O10. The number of carboxylic acids is 4. The molecule has 0 amide bonds. The fourth-order valence-electron chi connectivity index (χ4n) is 2.42. The fourth-order valence-corrected chi connectivity index (χ4v) is 2.78. The third-order valence-corrected chi connectivity index (χ3v) is 4.83. The number of nitrogens with zero attached hydrogens (tertiary/aromatic N) is 4. The van der Waals surface area contributed by atoms with Crippen molar-refractivity contribution in [1.82, 2.24) is 19.9 Å². The standard InChI is InChI=1S/C6H4BrNO2.3C6H5NO2.C4H8O.H2O/c7-5-1-4(6(9)10)2-8-3-5;3*8-6(9)5-2-1-3-7-4-5;1-2-4-5-3-1;/h1-3H,(H,9,10);3*1-4H,(H,8,9);1-4H2;1H2/i;3D;1D;;;/hD2. The Morgan fingerprint density at radius 3 is 1.56 bits per heavy atom.